The summed E-state index contributed by atoms with van der Waals surface area (Å²) in [5, 5.41) is 17.0. The van der Waals surface area contributed by atoms with Crippen LogP contribution in [0.1, 0.15) is 17.2 Å². The van der Waals surface area contributed by atoms with Gasteiger partial charge in [-0.2, -0.15) is 0 Å². The molecule has 1 aliphatic heterocycles. The molecule has 31 heavy (non-hydrogen) atoms. The highest BCUT2D eigenvalue weighted by molar-refractivity contribution is 6.18. The van der Waals surface area contributed by atoms with Crippen molar-refractivity contribution in [3.05, 3.63) is 107 Å². The van der Waals surface area contributed by atoms with Crippen LogP contribution in [-0.4, -0.2) is 17.6 Å². The minimum absolute atomic E-state index is 0.0269. The van der Waals surface area contributed by atoms with Crippen molar-refractivity contribution < 1.29 is 9.59 Å². The van der Waals surface area contributed by atoms with Gasteiger partial charge in [0.25, 0.3) is 5.91 Å². The molecule has 0 bridgehead atoms. The highest BCUT2D eigenvalue weighted by atomic mass is 16.2. The van der Waals surface area contributed by atoms with Gasteiger partial charge in [-0.05, 0) is 35.4 Å². The van der Waals surface area contributed by atoms with E-state index in [0.29, 0.717) is 28.1 Å². The summed E-state index contributed by atoms with van der Waals surface area (Å²) in [4.78, 5) is 24.6. The summed E-state index contributed by atoms with van der Waals surface area (Å²) in [6.07, 6.45) is 0. The Hall–Kier alpha value is -4.39. The van der Waals surface area contributed by atoms with E-state index in [4.69, 9.17) is 11.1 Å². The molecule has 1 atom stereocenters. The molecule has 7 nitrogen and oxygen atoms in total. The van der Waals surface area contributed by atoms with Crippen molar-refractivity contribution in [2.24, 2.45) is 5.73 Å². The molecule has 0 fully saturated rings. The van der Waals surface area contributed by atoms with E-state index in [2.05, 4.69) is 16.0 Å². The number of para-hydroxylation sites is 1. The Morgan fingerprint density at radius 3 is 2.19 bits per heavy atom. The lowest BCUT2D eigenvalue weighted by Crippen LogP contribution is -2.24. The molecule has 3 amide bonds. The fraction of sp³-hybridized carbons (Fsp3) is 0.0417. The monoisotopic (exact) mass is 411 g/mol. The Kier molecular flexibility index (Phi) is 5.49. The van der Waals surface area contributed by atoms with Gasteiger partial charge in [0.05, 0.1) is 11.8 Å². The van der Waals surface area contributed by atoms with E-state index in [9.17, 15) is 9.59 Å². The normalized spacial score (nSPS) is 15.4. The number of carbonyl (C=O) groups excluding carboxylic acids is 2. The average Bonchev–Trinajstić information content (AvgIpc) is 3.09. The molecule has 7 heteroatoms. The highest BCUT2D eigenvalue weighted by Crippen LogP contribution is 2.32. The zero-order chi connectivity index (χ0) is 21.8. The molecule has 1 heterocycles. The minimum Gasteiger partial charge on any atom is -0.394 e. The molecule has 0 saturated carbocycles. The first-order valence-electron chi connectivity index (χ1n) is 9.71. The summed E-state index contributed by atoms with van der Waals surface area (Å²) >= 11 is 0. The zero-order valence-electron chi connectivity index (χ0n) is 16.6. The third-order valence-corrected chi connectivity index (χ3v) is 4.94. The first-order chi connectivity index (χ1) is 15.0. The van der Waals surface area contributed by atoms with E-state index in [1.165, 1.54) is 0 Å². The quantitative estimate of drug-likeness (QED) is 0.411. The third-order valence-electron chi connectivity index (χ3n) is 4.94. The van der Waals surface area contributed by atoms with Gasteiger partial charge >= 0.3 is 6.03 Å². The first-order valence-corrected chi connectivity index (χ1v) is 9.71. The molecule has 154 valence electrons. The van der Waals surface area contributed by atoms with Crippen LogP contribution in [0.5, 0.6) is 0 Å². The predicted octanol–water partition coefficient (Wildman–Crippen LogP) is 3.78. The molecule has 4 rings (SSSR count). The maximum absolute atomic E-state index is 12.3. The largest absolute Gasteiger partial charge is 0.394 e. The van der Waals surface area contributed by atoms with Crippen LogP contribution in [0.4, 0.5) is 16.2 Å². The van der Waals surface area contributed by atoms with Crippen molar-refractivity contribution >= 4 is 29.0 Å². The third kappa shape index (κ3) is 4.30. The first kappa shape index (κ1) is 19.9. The predicted molar refractivity (Wildman–Crippen MR) is 121 cm³/mol. The van der Waals surface area contributed by atoms with E-state index in [1.54, 1.807) is 42.5 Å². The smallest absolute Gasteiger partial charge is 0.323 e. The molecular formula is C24H21N5O2. The maximum atomic E-state index is 12.3. The number of benzene rings is 3. The van der Waals surface area contributed by atoms with E-state index in [-0.39, 0.29) is 17.4 Å². The molecule has 3 aromatic rings. The van der Waals surface area contributed by atoms with Crippen molar-refractivity contribution in [3.63, 3.8) is 0 Å². The van der Waals surface area contributed by atoms with Gasteiger partial charge in [0.15, 0.2) is 0 Å². The van der Waals surface area contributed by atoms with Gasteiger partial charge in [-0.3, -0.25) is 10.2 Å². The van der Waals surface area contributed by atoms with Gasteiger partial charge in [-0.15, -0.1) is 0 Å². The van der Waals surface area contributed by atoms with Crippen molar-refractivity contribution in [2.45, 2.75) is 6.04 Å². The van der Waals surface area contributed by atoms with Gasteiger partial charge in [-0.1, -0.05) is 60.7 Å². The van der Waals surface area contributed by atoms with Gasteiger partial charge in [-0.25, -0.2) is 4.79 Å². The summed E-state index contributed by atoms with van der Waals surface area (Å²) < 4.78 is 0. The van der Waals surface area contributed by atoms with Crippen molar-refractivity contribution in [1.29, 1.82) is 5.41 Å². The second-order valence-corrected chi connectivity index (χ2v) is 7.05. The van der Waals surface area contributed by atoms with Crippen LogP contribution < -0.4 is 21.7 Å². The van der Waals surface area contributed by atoms with Crippen LogP contribution in [0, 0.1) is 5.41 Å². The fourth-order valence-electron chi connectivity index (χ4n) is 3.46. The molecule has 6 N–H and O–H groups in total. The molecular weight excluding hydrogens is 390 g/mol. The lowest BCUT2D eigenvalue weighted by atomic mass is 9.92. The SMILES string of the molecule is N=C(C1=C(N)C(=O)NC1c1cccc(NC(=O)Nc2ccccc2)c1)c1ccccc1. The Labute approximate surface area is 179 Å². The van der Waals surface area contributed by atoms with Gasteiger partial charge in [0, 0.05) is 16.9 Å². The van der Waals surface area contributed by atoms with Crippen LogP contribution >= 0.6 is 0 Å². The van der Waals surface area contributed by atoms with Crippen LogP contribution in [-0.2, 0) is 4.79 Å². The maximum Gasteiger partial charge on any atom is 0.323 e. The summed E-state index contributed by atoms with van der Waals surface area (Å²) in [6.45, 7) is 0. The molecule has 1 aliphatic rings. The minimum atomic E-state index is -0.584. The molecule has 1 unspecified atom stereocenters. The summed E-state index contributed by atoms with van der Waals surface area (Å²) in [5.74, 6) is -0.416. The Morgan fingerprint density at radius 2 is 1.48 bits per heavy atom. The number of nitrogens with two attached hydrogens (primary N) is 1. The molecule has 0 aromatic heterocycles. The molecule has 0 aliphatic carbocycles. The van der Waals surface area contributed by atoms with Crippen molar-refractivity contribution in [3.8, 4) is 0 Å². The van der Waals surface area contributed by atoms with Gasteiger partial charge in [0.1, 0.15) is 5.70 Å². The van der Waals surface area contributed by atoms with Crippen molar-refractivity contribution in [2.75, 3.05) is 10.6 Å². The lowest BCUT2D eigenvalue weighted by molar-refractivity contribution is -0.117. The van der Waals surface area contributed by atoms with E-state index >= 15 is 0 Å². The molecule has 0 radical (unpaired) electrons. The standard InChI is InChI=1S/C24H21N5O2/c25-20(15-8-3-1-4-9-15)19-21(26)23(30)29-22(19)16-10-7-13-18(14-16)28-24(31)27-17-11-5-2-6-12-17/h1-14,22,25H,26H2,(H,29,30)(H2,27,28,31). The Bertz CT molecular complexity index is 1170. The van der Waals surface area contributed by atoms with Crippen LogP contribution in [0.15, 0.2) is 96.2 Å². The zero-order valence-corrected chi connectivity index (χ0v) is 16.6. The lowest BCUT2D eigenvalue weighted by Gasteiger charge is -2.18. The fourth-order valence-corrected chi connectivity index (χ4v) is 3.46. The van der Waals surface area contributed by atoms with Crippen LogP contribution in [0.3, 0.4) is 0 Å². The second-order valence-electron chi connectivity index (χ2n) is 7.05. The topological polar surface area (TPSA) is 120 Å². The summed E-state index contributed by atoms with van der Waals surface area (Å²) in [5.41, 5.74) is 9.27. The summed E-state index contributed by atoms with van der Waals surface area (Å²) in [6, 6.07) is 24.4. The average molecular weight is 411 g/mol. The number of hydrogen-bond acceptors (Lipinski definition) is 4. The number of anilines is 2. The Morgan fingerprint density at radius 1 is 0.871 bits per heavy atom. The van der Waals surface area contributed by atoms with Crippen LogP contribution in [0.2, 0.25) is 0 Å². The van der Waals surface area contributed by atoms with E-state index in [0.717, 1.165) is 0 Å². The molecule has 3 aromatic carbocycles. The Balaban J connectivity index is 1.57. The summed E-state index contributed by atoms with van der Waals surface area (Å²) in [7, 11) is 0. The number of nitrogens with one attached hydrogen (secondary N) is 4. The number of urea groups is 1. The van der Waals surface area contributed by atoms with Gasteiger partial charge in [0.2, 0.25) is 0 Å². The molecule has 0 spiro atoms. The van der Waals surface area contributed by atoms with E-state index in [1.807, 2.05) is 42.5 Å². The number of amides is 3. The number of rotatable bonds is 5. The van der Waals surface area contributed by atoms with Crippen LogP contribution in [0.25, 0.3) is 0 Å². The highest BCUT2D eigenvalue weighted by Gasteiger charge is 2.34. The number of hydrogen-bond donors (Lipinski definition) is 5. The second kappa shape index (κ2) is 8.54. The number of carbonyl (C=O) groups is 2. The van der Waals surface area contributed by atoms with E-state index < -0.39 is 11.9 Å². The van der Waals surface area contributed by atoms with Crippen molar-refractivity contribution in [1.82, 2.24) is 5.32 Å². The molecule has 0 saturated heterocycles. The van der Waals surface area contributed by atoms with Gasteiger partial charge < -0.3 is 21.7 Å².